The van der Waals surface area contributed by atoms with Gasteiger partial charge in [-0.3, -0.25) is 4.79 Å². The Morgan fingerprint density at radius 3 is 2.34 bits per heavy atom. The van der Waals surface area contributed by atoms with Crippen LogP contribution in [0.4, 0.5) is 5.82 Å². The van der Waals surface area contributed by atoms with Crippen molar-refractivity contribution in [1.82, 2.24) is 14.6 Å². The van der Waals surface area contributed by atoms with Crippen molar-refractivity contribution < 1.29 is 13.2 Å². The first-order valence-corrected chi connectivity index (χ1v) is 11.6. The van der Waals surface area contributed by atoms with Gasteiger partial charge in [-0.2, -0.15) is 4.31 Å². The Kier molecular flexibility index (Phi) is 7.34. The minimum atomic E-state index is -3.45. The number of nitrogens with one attached hydrogen (secondary N) is 1. The summed E-state index contributed by atoms with van der Waals surface area (Å²) in [6, 6.07) is 10.7. The van der Waals surface area contributed by atoms with E-state index in [4.69, 9.17) is 23.2 Å². The van der Waals surface area contributed by atoms with Crippen LogP contribution in [0.5, 0.6) is 0 Å². The average molecular weight is 457 g/mol. The second kappa shape index (κ2) is 9.75. The molecule has 1 amide bonds. The van der Waals surface area contributed by atoms with E-state index in [9.17, 15) is 13.2 Å². The van der Waals surface area contributed by atoms with E-state index in [1.54, 1.807) is 24.4 Å². The molecule has 1 fully saturated rings. The molecule has 1 aromatic carbocycles. The number of halogens is 2. The van der Waals surface area contributed by atoms with E-state index in [1.165, 1.54) is 4.31 Å². The monoisotopic (exact) mass is 456 g/mol. The lowest BCUT2D eigenvalue weighted by Gasteiger charge is -2.34. The van der Waals surface area contributed by atoms with Crippen LogP contribution in [0, 0.1) is 0 Å². The Bertz CT molecular complexity index is 929. The number of benzene rings is 1. The lowest BCUT2D eigenvalue weighted by molar-refractivity contribution is -0.120. The van der Waals surface area contributed by atoms with Gasteiger partial charge in [-0.15, -0.1) is 0 Å². The summed E-state index contributed by atoms with van der Waals surface area (Å²) in [7, 11) is -3.45. The highest BCUT2D eigenvalue weighted by molar-refractivity contribution is 7.89. The van der Waals surface area contributed by atoms with E-state index in [1.807, 2.05) is 18.2 Å². The number of hydrogen-bond donors (Lipinski definition) is 1. The predicted octanol–water partition coefficient (Wildman–Crippen LogP) is 2.20. The van der Waals surface area contributed by atoms with Crippen molar-refractivity contribution in [3.63, 3.8) is 0 Å². The molecule has 7 nitrogen and oxygen atoms in total. The normalized spacial score (nSPS) is 15.3. The molecule has 1 N–H and O–H groups in total. The van der Waals surface area contributed by atoms with Crippen molar-refractivity contribution in [3.8, 4) is 0 Å². The van der Waals surface area contributed by atoms with Gasteiger partial charge in [0.15, 0.2) is 0 Å². The van der Waals surface area contributed by atoms with Gasteiger partial charge in [0.25, 0.3) is 0 Å². The zero-order chi connectivity index (χ0) is 20.9. The molecule has 0 radical (unpaired) electrons. The zero-order valence-corrected chi connectivity index (χ0v) is 18.1. The van der Waals surface area contributed by atoms with E-state index >= 15 is 0 Å². The highest BCUT2D eigenvalue weighted by atomic mass is 35.5. The molecule has 1 saturated heterocycles. The van der Waals surface area contributed by atoms with E-state index in [0.717, 1.165) is 5.82 Å². The molecule has 2 aromatic rings. The van der Waals surface area contributed by atoms with Gasteiger partial charge < -0.3 is 10.2 Å². The molecule has 1 aliphatic heterocycles. The fourth-order valence-electron chi connectivity index (χ4n) is 3.11. The number of anilines is 1. The molecule has 0 aliphatic carbocycles. The molecule has 156 valence electrons. The third-order valence-electron chi connectivity index (χ3n) is 4.69. The minimum absolute atomic E-state index is 0.00129. The molecule has 0 spiro atoms. The first-order valence-electron chi connectivity index (χ1n) is 9.20. The van der Waals surface area contributed by atoms with Gasteiger partial charge in [-0.1, -0.05) is 35.3 Å². The van der Waals surface area contributed by atoms with Crippen LogP contribution < -0.4 is 10.2 Å². The number of pyridine rings is 1. The number of carbonyl (C=O) groups excluding carboxylic acids is 1. The van der Waals surface area contributed by atoms with Gasteiger partial charge in [-0.05, 0) is 29.8 Å². The van der Waals surface area contributed by atoms with Crippen molar-refractivity contribution in [2.24, 2.45) is 0 Å². The quantitative estimate of drug-likeness (QED) is 0.690. The first kappa shape index (κ1) is 21.8. The first-order chi connectivity index (χ1) is 13.9. The molecule has 10 heteroatoms. The summed E-state index contributed by atoms with van der Waals surface area (Å²) >= 11 is 12.1. The van der Waals surface area contributed by atoms with Crippen molar-refractivity contribution in [2.75, 3.05) is 43.4 Å². The molecule has 0 saturated carbocycles. The van der Waals surface area contributed by atoms with E-state index in [0.29, 0.717) is 41.8 Å². The number of piperazine rings is 1. The molecular formula is C19H22Cl2N4O3S. The standard InChI is InChI=1S/C19H22Cl2N4O3S/c20-16-4-3-5-17(21)15(16)14-19(26)23-8-13-29(27,28)25-11-9-24(10-12-25)18-6-1-2-7-22-18/h1-7H,8-14H2,(H,23,26). The summed E-state index contributed by atoms with van der Waals surface area (Å²) < 4.78 is 26.6. The maximum atomic E-state index is 12.6. The van der Waals surface area contributed by atoms with Crippen LogP contribution in [0.3, 0.4) is 0 Å². The van der Waals surface area contributed by atoms with Crippen molar-refractivity contribution in [3.05, 3.63) is 58.2 Å². The third-order valence-corrected chi connectivity index (χ3v) is 7.27. The maximum Gasteiger partial charge on any atom is 0.224 e. The molecule has 0 unspecified atom stereocenters. The Hall–Kier alpha value is -1.87. The van der Waals surface area contributed by atoms with Crippen LogP contribution in [0.15, 0.2) is 42.6 Å². The number of sulfonamides is 1. The van der Waals surface area contributed by atoms with Gasteiger partial charge in [0.05, 0.1) is 12.2 Å². The second-order valence-electron chi connectivity index (χ2n) is 6.62. The topological polar surface area (TPSA) is 82.6 Å². The van der Waals surface area contributed by atoms with E-state index in [2.05, 4.69) is 15.2 Å². The lowest BCUT2D eigenvalue weighted by atomic mass is 10.1. The van der Waals surface area contributed by atoms with E-state index in [-0.39, 0.29) is 24.6 Å². The zero-order valence-electron chi connectivity index (χ0n) is 15.7. The van der Waals surface area contributed by atoms with Crippen LogP contribution in [0.1, 0.15) is 5.56 Å². The van der Waals surface area contributed by atoms with Gasteiger partial charge >= 0.3 is 0 Å². The number of nitrogens with zero attached hydrogens (tertiary/aromatic N) is 3. The molecule has 2 heterocycles. The number of hydrogen-bond acceptors (Lipinski definition) is 5. The summed E-state index contributed by atoms with van der Waals surface area (Å²) in [5.74, 6) is 0.365. The smallest absolute Gasteiger partial charge is 0.224 e. The van der Waals surface area contributed by atoms with Crippen LogP contribution in [-0.4, -0.2) is 62.1 Å². The molecule has 0 atom stereocenters. The number of amides is 1. The fourth-order valence-corrected chi connectivity index (χ4v) is 4.98. The highest BCUT2D eigenvalue weighted by Gasteiger charge is 2.27. The molecule has 3 rings (SSSR count). The maximum absolute atomic E-state index is 12.6. The van der Waals surface area contributed by atoms with Crippen LogP contribution in [0.2, 0.25) is 10.0 Å². The Morgan fingerprint density at radius 1 is 1.03 bits per heavy atom. The van der Waals surface area contributed by atoms with Gasteiger partial charge in [-0.25, -0.2) is 13.4 Å². The van der Waals surface area contributed by atoms with E-state index < -0.39 is 10.0 Å². The van der Waals surface area contributed by atoms with Gasteiger partial charge in [0, 0.05) is 49.0 Å². The van der Waals surface area contributed by atoms with Gasteiger partial charge in [0.1, 0.15) is 5.82 Å². The summed E-state index contributed by atoms with van der Waals surface area (Å²) in [6.45, 7) is 1.97. The van der Waals surface area contributed by atoms with Crippen molar-refractivity contribution in [1.29, 1.82) is 0 Å². The summed E-state index contributed by atoms with van der Waals surface area (Å²) in [5.41, 5.74) is 0.529. The Labute approximate surface area is 180 Å². The SMILES string of the molecule is O=C(Cc1c(Cl)cccc1Cl)NCCS(=O)(=O)N1CCN(c2ccccn2)CC1. The van der Waals surface area contributed by atoms with Crippen LogP contribution in [0.25, 0.3) is 0 Å². The molecule has 29 heavy (non-hydrogen) atoms. The summed E-state index contributed by atoms with van der Waals surface area (Å²) in [4.78, 5) is 18.5. The Morgan fingerprint density at radius 2 is 1.72 bits per heavy atom. The van der Waals surface area contributed by atoms with Crippen LogP contribution >= 0.6 is 23.2 Å². The number of rotatable bonds is 7. The minimum Gasteiger partial charge on any atom is -0.355 e. The van der Waals surface area contributed by atoms with Crippen molar-refractivity contribution in [2.45, 2.75) is 6.42 Å². The average Bonchev–Trinajstić information content (AvgIpc) is 2.71. The number of carbonyl (C=O) groups is 1. The predicted molar refractivity (Wildman–Crippen MR) is 115 cm³/mol. The van der Waals surface area contributed by atoms with Crippen molar-refractivity contribution >= 4 is 45.0 Å². The highest BCUT2D eigenvalue weighted by Crippen LogP contribution is 2.24. The second-order valence-corrected chi connectivity index (χ2v) is 9.52. The summed E-state index contributed by atoms with van der Waals surface area (Å²) in [5, 5.41) is 3.45. The molecule has 1 aromatic heterocycles. The largest absolute Gasteiger partial charge is 0.355 e. The lowest BCUT2D eigenvalue weighted by Crippen LogP contribution is -2.50. The number of aromatic nitrogens is 1. The Balaban J connectivity index is 1.46. The molecule has 0 bridgehead atoms. The molecule has 1 aliphatic rings. The fraction of sp³-hybridized carbons (Fsp3) is 0.368. The van der Waals surface area contributed by atoms with Crippen LogP contribution in [-0.2, 0) is 21.2 Å². The summed E-state index contributed by atoms with van der Waals surface area (Å²) in [6.07, 6.45) is 1.72. The molecular weight excluding hydrogens is 435 g/mol. The third kappa shape index (κ3) is 5.82. The van der Waals surface area contributed by atoms with Gasteiger partial charge in [0.2, 0.25) is 15.9 Å².